The van der Waals surface area contributed by atoms with Crippen molar-refractivity contribution in [2.24, 2.45) is 0 Å². The van der Waals surface area contributed by atoms with Gasteiger partial charge in [0.25, 0.3) is 10.0 Å². The van der Waals surface area contributed by atoms with Gasteiger partial charge in [-0.15, -0.1) is 0 Å². The summed E-state index contributed by atoms with van der Waals surface area (Å²) in [6.07, 6.45) is 0. The van der Waals surface area contributed by atoms with Gasteiger partial charge in [-0.3, -0.25) is 4.31 Å². The van der Waals surface area contributed by atoms with Gasteiger partial charge >= 0.3 is 0 Å². The zero-order valence-corrected chi connectivity index (χ0v) is 12.3. The molecule has 2 N–H and O–H groups in total. The Kier molecular flexibility index (Phi) is 3.87. The van der Waals surface area contributed by atoms with E-state index in [9.17, 15) is 17.2 Å². The van der Waals surface area contributed by atoms with E-state index in [0.717, 1.165) is 22.5 Å². The fourth-order valence-electron chi connectivity index (χ4n) is 1.86. The Hall–Kier alpha value is -2.15. The molecular formula is C14H14F2N2O2S. The number of hydrogen-bond donors (Lipinski definition) is 1. The van der Waals surface area contributed by atoms with Crippen LogP contribution in [0.2, 0.25) is 0 Å². The third-order valence-electron chi connectivity index (χ3n) is 3.10. The molecule has 7 heteroatoms. The highest BCUT2D eigenvalue weighted by Crippen LogP contribution is 2.26. The second kappa shape index (κ2) is 5.33. The van der Waals surface area contributed by atoms with Gasteiger partial charge in [0.15, 0.2) is 0 Å². The summed E-state index contributed by atoms with van der Waals surface area (Å²) >= 11 is 0. The molecule has 21 heavy (non-hydrogen) atoms. The van der Waals surface area contributed by atoms with Crippen molar-refractivity contribution >= 4 is 21.4 Å². The summed E-state index contributed by atoms with van der Waals surface area (Å²) in [5.74, 6) is -1.11. The molecule has 2 aromatic carbocycles. The third kappa shape index (κ3) is 2.82. The number of sulfonamides is 1. The van der Waals surface area contributed by atoms with E-state index < -0.39 is 21.7 Å². The van der Waals surface area contributed by atoms with Crippen LogP contribution in [0, 0.1) is 18.6 Å². The standard InChI is InChI=1S/C14H14F2N2O2S/c1-9-7-12(8-13(17)14(9)16)21(19,20)18(2)11-5-3-10(15)4-6-11/h3-8H,17H2,1-2H3. The zero-order valence-electron chi connectivity index (χ0n) is 11.5. The maximum Gasteiger partial charge on any atom is 0.264 e. The van der Waals surface area contributed by atoms with Crippen molar-refractivity contribution in [1.82, 2.24) is 0 Å². The predicted molar refractivity (Wildman–Crippen MR) is 77.5 cm³/mol. The van der Waals surface area contributed by atoms with Gasteiger partial charge in [-0.1, -0.05) is 0 Å². The van der Waals surface area contributed by atoms with Crippen LogP contribution in [0.1, 0.15) is 5.56 Å². The van der Waals surface area contributed by atoms with Gasteiger partial charge in [-0.2, -0.15) is 0 Å². The summed E-state index contributed by atoms with van der Waals surface area (Å²) in [5.41, 5.74) is 5.66. The number of halogens is 2. The Morgan fingerprint density at radius 3 is 2.19 bits per heavy atom. The minimum Gasteiger partial charge on any atom is -0.396 e. The fraction of sp³-hybridized carbons (Fsp3) is 0.143. The van der Waals surface area contributed by atoms with Crippen LogP contribution in [-0.2, 0) is 10.0 Å². The highest BCUT2D eigenvalue weighted by molar-refractivity contribution is 7.92. The van der Waals surface area contributed by atoms with E-state index in [1.807, 2.05) is 0 Å². The maximum atomic E-state index is 13.5. The Balaban J connectivity index is 2.49. The van der Waals surface area contributed by atoms with Crippen molar-refractivity contribution in [2.75, 3.05) is 17.1 Å². The van der Waals surface area contributed by atoms with E-state index in [4.69, 9.17) is 5.73 Å². The average molecular weight is 312 g/mol. The molecule has 0 fully saturated rings. The third-order valence-corrected chi connectivity index (χ3v) is 4.87. The smallest absolute Gasteiger partial charge is 0.264 e. The van der Waals surface area contributed by atoms with Crippen LogP contribution in [0.25, 0.3) is 0 Å². The second-order valence-corrected chi connectivity index (χ2v) is 6.56. The molecule has 0 aliphatic rings. The minimum atomic E-state index is -3.90. The molecule has 0 aromatic heterocycles. The molecule has 0 amide bonds. The number of nitrogen functional groups attached to an aromatic ring is 1. The maximum absolute atomic E-state index is 13.5. The van der Waals surface area contributed by atoms with Gasteiger partial charge in [-0.25, -0.2) is 17.2 Å². The van der Waals surface area contributed by atoms with Crippen LogP contribution in [-0.4, -0.2) is 15.5 Å². The van der Waals surface area contributed by atoms with Crippen LogP contribution < -0.4 is 10.0 Å². The van der Waals surface area contributed by atoms with Gasteiger partial charge in [0, 0.05) is 7.05 Å². The highest BCUT2D eigenvalue weighted by atomic mass is 32.2. The Morgan fingerprint density at radius 2 is 1.67 bits per heavy atom. The first kappa shape index (κ1) is 15.2. The van der Waals surface area contributed by atoms with E-state index in [0.29, 0.717) is 0 Å². The lowest BCUT2D eigenvalue weighted by Crippen LogP contribution is -2.26. The van der Waals surface area contributed by atoms with Crippen LogP contribution >= 0.6 is 0 Å². The SMILES string of the molecule is Cc1cc(S(=O)(=O)N(C)c2ccc(F)cc2)cc(N)c1F. The van der Waals surface area contributed by atoms with Crippen LogP contribution in [0.4, 0.5) is 20.2 Å². The quantitative estimate of drug-likeness (QED) is 0.886. The van der Waals surface area contributed by atoms with Gasteiger partial charge in [0.2, 0.25) is 0 Å². The number of rotatable bonds is 3. The van der Waals surface area contributed by atoms with Crippen LogP contribution in [0.5, 0.6) is 0 Å². The fourth-order valence-corrected chi connectivity index (χ4v) is 3.18. The van der Waals surface area contributed by atoms with E-state index in [1.54, 1.807) is 0 Å². The van der Waals surface area contributed by atoms with Gasteiger partial charge in [-0.05, 0) is 48.9 Å². The molecule has 0 bridgehead atoms. The van der Waals surface area contributed by atoms with Crippen molar-refractivity contribution in [2.45, 2.75) is 11.8 Å². The summed E-state index contributed by atoms with van der Waals surface area (Å²) in [7, 11) is -2.57. The zero-order chi connectivity index (χ0) is 15.8. The number of aryl methyl sites for hydroxylation is 1. The van der Waals surface area contributed by atoms with Crippen molar-refractivity contribution < 1.29 is 17.2 Å². The van der Waals surface area contributed by atoms with E-state index >= 15 is 0 Å². The number of hydrogen-bond acceptors (Lipinski definition) is 3. The average Bonchev–Trinajstić information content (AvgIpc) is 2.44. The Morgan fingerprint density at radius 1 is 1.10 bits per heavy atom. The Labute approximate surface area is 121 Å². The molecule has 2 aromatic rings. The first-order chi connectivity index (χ1) is 9.73. The van der Waals surface area contributed by atoms with Crippen LogP contribution in [0.3, 0.4) is 0 Å². The monoisotopic (exact) mass is 312 g/mol. The summed E-state index contributed by atoms with van der Waals surface area (Å²) < 4.78 is 52.3. The molecule has 0 unspecified atom stereocenters. The number of nitrogens with zero attached hydrogens (tertiary/aromatic N) is 1. The van der Waals surface area contributed by atoms with Crippen LogP contribution in [0.15, 0.2) is 41.3 Å². The Bertz CT molecular complexity index is 751. The molecule has 0 radical (unpaired) electrons. The number of anilines is 2. The molecule has 0 aliphatic heterocycles. The lowest BCUT2D eigenvalue weighted by molar-refractivity contribution is 0.592. The normalized spacial score (nSPS) is 11.4. The van der Waals surface area contributed by atoms with Gasteiger partial charge in [0.05, 0.1) is 16.3 Å². The van der Waals surface area contributed by atoms with Crippen molar-refractivity contribution in [3.05, 3.63) is 53.6 Å². The van der Waals surface area contributed by atoms with Crippen molar-refractivity contribution in [3.63, 3.8) is 0 Å². The molecule has 0 spiro atoms. The number of benzene rings is 2. The molecule has 0 atom stereocenters. The lowest BCUT2D eigenvalue weighted by atomic mass is 10.2. The van der Waals surface area contributed by atoms with Gasteiger partial charge in [0.1, 0.15) is 11.6 Å². The van der Waals surface area contributed by atoms with Gasteiger partial charge < -0.3 is 5.73 Å². The van der Waals surface area contributed by atoms with E-state index in [2.05, 4.69) is 0 Å². The predicted octanol–water partition coefficient (Wildman–Crippen LogP) is 2.68. The highest BCUT2D eigenvalue weighted by Gasteiger charge is 2.23. The lowest BCUT2D eigenvalue weighted by Gasteiger charge is -2.20. The summed E-state index contributed by atoms with van der Waals surface area (Å²) in [6, 6.07) is 7.27. The molecule has 4 nitrogen and oxygen atoms in total. The minimum absolute atomic E-state index is 0.120. The first-order valence-electron chi connectivity index (χ1n) is 6.03. The molecule has 0 saturated heterocycles. The van der Waals surface area contributed by atoms with E-state index in [-0.39, 0.29) is 21.8 Å². The second-order valence-electron chi connectivity index (χ2n) is 4.59. The summed E-state index contributed by atoms with van der Waals surface area (Å²) in [4.78, 5) is -0.120. The molecule has 0 saturated carbocycles. The van der Waals surface area contributed by atoms with E-state index in [1.165, 1.54) is 32.2 Å². The van der Waals surface area contributed by atoms with Crippen molar-refractivity contribution in [3.8, 4) is 0 Å². The first-order valence-corrected chi connectivity index (χ1v) is 7.47. The molecule has 2 rings (SSSR count). The van der Waals surface area contributed by atoms with Crippen molar-refractivity contribution in [1.29, 1.82) is 0 Å². The topological polar surface area (TPSA) is 63.4 Å². The molecule has 0 aliphatic carbocycles. The molecular weight excluding hydrogens is 298 g/mol. The molecule has 0 heterocycles. The number of nitrogens with two attached hydrogens (primary N) is 1. The summed E-state index contributed by atoms with van der Waals surface area (Å²) in [5, 5.41) is 0. The largest absolute Gasteiger partial charge is 0.396 e. The molecule has 112 valence electrons. The summed E-state index contributed by atoms with van der Waals surface area (Å²) in [6.45, 7) is 1.43.